The van der Waals surface area contributed by atoms with Crippen LogP contribution in [0.2, 0.25) is 0 Å². The lowest BCUT2D eigenvalue weighted by Gasteiger charge is -2.18. The number of para-hydroxylation sites is 1. The van der Waals surface area contributed by atoms with Crippen LogP contribution in [0.5, 0.6) is 0 Å². The number of aryl methyl sites for hydroxylation is 1. The number of rotatable bonds is 6. The first-order valence-electron chi connectivity index (χ1n) is 9.33. The highest BCUT2D eigenvalue weighted by atomic mass is 127. The van der Waals surface area contributed by atoms with Crippen LogP contribution in [0, 0.1) is 12.7 Å². The zero-order valence-electron chi connectivity index (χ0n) is 16.8. The highest BCUT2D eigenvalue weighted by Gasteiger charge is 2.11. The Hall–Kier alpha value is -2.49. The number of halogens is 2. The van der Waals surface area contributed by atoms with Gasteiger partial charge in [0.15, 0.2) is 11.8 Å². The number of aromatic nitrogens is 3. The third-order valence-corrected chi connectivity index (χ3v) is 4.42. The van der Waals surface area contributed by atoms with Gasteiger partial charge in [-0.05, 0) is 50.1 Å². The number of hydrogen-bond donors (Lipinski definition) is 2. The van der Waals surface area contributed by atoms with Gasteiger partial charge in [-0.3, -0.25) is 4.57 Å². The summed E-state index contributed by atoms with van der Waals surface area (Å²) in [5.41, 5.74) is 2.48. The second-order valence-electron chi connectivity index (χ2n) is 6.52. The van der Waals surface area contributed by atoms with Gasteiger partial charge in [-0.2, -0.15) is 0 Å². The van der Waals surface area contributed by atoms with Crippen molar-refractivity contribution in [2.75, 3.05) is 6.54 Å². The van der Waals surface area contributed by atoms with Crippen molar-refractivity contribution in [3.05, 3.63) is 77.6 Å². The molecule has 29 heavy (non-hydrogen) atoms. The Bertz CT molecular complexity index is 941. The van der Waals surface area contributed by atoms with Crippen molar-refractivity contribution in [3.63, 3.8) is 0 Å². The summed E-state index contributed by atoms with van der Waals surface area (Å²) in [5.74, 6) is 1.17. The van der Waals surface area contributed by atoms with Gasteiger partial charge in [-0.25, -0.2) is 9.38 Å². The van der Waals surface area contributed by atoms with Gasteiger partial charge in [0.05, 0.1) is 6.04 Å². The van der Waals surface area contributed by atoms with E-state index in [-0.39, 0.29) is 35.8 Å². The van der Waals surface area contributed by atoms with E-state index in [0.717, 1.165) is 17.1 Å². The van der Waals surface area contributed by atoms with E-state index in [1.807, 2.05) is 54.8 Å². The van der Waals surface area contributed by atoms with Gasteiger partial charge >= 0.3 is 0 Å². The van der Waals surface area contributed by atoms with E-state index in [4.69, 9.17) is 0 Å². The van der Waals surface area contributed by atoms with E-state index < -0.39 is 0 Å². The molecule has 0 saturated heterocycles. The molecule has 2 N–H and O–H groups in total. The third kappa shape index (κ3) is 5.99. The van der Waals surface area contributed by atoms with Crippen LogP contribution in [0.4, 0.5) is 4.39 Å². The summed E-state index contributed by atoms with van der Waals surface area (Å²) >= 11 is 0. The first-order valence-corrected chi connectivity index (χ1v) is 9.33. The molecule has 0 amide bonds. The Morgan fingerprint density at radius 3 is 2.66 bits per heavy atom. The van der Waals surface area contributed by atoms with Gasteiger partial charge in [0, 0.05) is 12.2 Å². The number of hydrogen-bond acceptors (Lipinski definition) is 3. The molecule has 0 aliphatic heterocycles. The minimum absolute atomic E-state index is 0. The Labute approximate surface area is 187 Å². The summed E-state index contributed by atoms with van der Waals surface area (Å²) in [6.07, 6.45) is 1.68. The summed E-state index contributed by atoms with van der Waals surface area (Å²) in [7, 11) is 0. The summed E-state index contributed by atoms with van der Waals surface area (Å²) in [5, 5.41) is 14.7. The number of nitrogens with one attached hydrogen (secondary N) is 2. The van der Waals surface area contributed by atoms with Crippen molar-refractivity contribution in [2.45, 2.75) is 33.4 Å². The van der Waals surface area contributed by atoms with Crippen molar-refractivity contribution in [1.29, 1.82) is 0 Å². The van der Waals surface area contributed by atoms with Crippen LogP contribution in [-0.2, 0) is 6.54 Å². The van der Waals surface area contributed by atoms with Crippen LogP contribution in [0.25, 0.3) is 5.69 Å². The number of guanidine groups is 1. The Morgan fingerprint density at radius 2 is 1.97 bits per heavy atom. The van der Waals surface area contributed by atoms with Gasteiger partial charge in [0.2, 0.25) is 0 Å². The maximum Gasteiger partial charge on any atom is 0.192 e. The van der Waals surface area contributed by atoms with Crippen LogP contribution in [-0.4, -0.2) is 27.3 Å². The summed E-state index contributed by atoms with van der Waals surface area (Å²) in [6.45, 7) is 6.81. The van der Waals surface area contributed by atoms with Gasteiger partial charge in [-0.1, -0.05) is 30.3 Å². The zero-order chi connectivity index (χ0) is 19.9. The number of nitrogens with zero attached hydrogens (tertiary/aromatic N) is 4. The maximum absolute atomic E-state index is 13.9. The molecular weight excluding hydrogens is 482 g/mol. The standard InChI is InChI=1S/C21H25FN6.HI/c1-4-23-21(26-16(3)17-11-10-15(2)19(22)12-17)24-13-20-27-25-14-28(20)18-8-6-5-7-9-18;/h5-12,14,16H,4,13H2,1-3H3,(H2,23,24,26);1H. The van der Waals surface area contributed by atoms with Gasteiger partial charge < -0.3 is 10.6 Å². The minimum atomic E-state index is -0.205. The molecule has 0 radical (unpaired) electrons. The smallest absolute Gasteiger partial charge is 0.192 e. The van der Waals surface area contributed by atoms with E-state index in [2.05, 4.69) is 25.8 Å². The van der Waals surface area contributed by atoms with E-state index in [1.54, 1.807) is 25.4 Å². The van der Waals surface area contributed by atoms with E-state index in [0.29, 0.717) is 24.6 Å². The molecule has 2 aromatic carbocycles. The van der Waals surface area contributed by atoms with E-state index in [9.17, 15) is 4.39 Å². The van der Waals surface area contributed by atoms with Crippen LogP contribution in [0.15, 0.2) is 59.9 Å². The van der Waals surface area contributed by atoms with Crippen molar-refractivity contribution < 1.29 is 4.39 Å². The Balaban J connectivity index is 0.00000300. The fourth-order valence-corrected chi connectivity index (χ4v) is 2.81. The summed E-state index contributed by atoms with van der Waals surface area (Å²) < 4.78 is 15.8. The van der Waals surface area contributed by atoms with Gasteiger partial charge in [-0.15, -0.1) is 34.2 Å². The van der Waals surface area contributed by atoms with Crippen LogP contribution in [0.3, 0.4) is 0 Å². The summed E-state index contributed by atoms with van der Waals surface area (Å²) in [6, 6.07) is 15.1. The first-order chi connectivity index (χ1) is 13.6. The average Bonchev–Trinajstić information content (AvgIpc) is 3.17. The van der Waals surface area contributed by atoms with Crippen molar-refractivity contribution in [1.82, 2.24) is 25.4 Å². The van der Waals surface area contributed by atoms with Crippen LogP contribution >= 0.6 is 24.0 Å². The topological polar surface area (TPSA) is 67.1 Å². The molecule has 1 atom stereocenters. The fourth-order valence-electron chi connectivity index (χ4n) is 2.81. The van der Waals surface area contributed by atoms with Crippen molar-refractivity contribution >= 4 is 29.9 Å². The first kappa shape index (κ1) is 22.8. The molecule has 8 heteroatoms. The molecular formula is C21H26FIN6. The highest BCUT2D eigenvalue weighted by molar-refractivity contribution is 14.0. The van der Waals surface area contributed by atoms with Crippen molar-refractivity contribution in [3.8, 4) is 5.69 Å². The maximum atomic E-state index is 13.9. The lowest BCUT2D eigenvalue weighted by Crippen LogP contribution is -2.38. The SMILES string of the molecule is CCNC(=NCc1nncn1-c1ccccc1)NC(C)c1ccc(C)c(F)c1.I. The number of aliphatic imine (C=N–C) groups is 1. The molecule has 0 bridgehead atoms. The van der Waals surface area contributed by atoms with Gasteiger partial charge in [0.1, 0.15) is 18.7 Å². The second kappa shape index (κ2) is 10.9. The molecule has 1 aromatic heterocycles. The predicted molar refractivity (Wildman–Crippen MR) is 124 cm³/mol. The highest BCUT2D eigenvalue weighted by Crippen LogP contribution is 2.16. The monoisotopic (exact) mass is 508 g/mol. The quantitative estimate of drug-likeness (QED) is 0.298. The fraction of sp³-hybridized carbons (Fsp3) is 0.286. The molecule has 3 aromatic rings. The zero-order valence-corrected chi connectivity index (χ0v) is 19.1. The molecule has 1 unspecified atom stereocenters. The Kier molecular flexibility index (Phi) is 8.56. The second-order valence-corrected chi connectivity index (χ2v) is 6.52. The molecule has 6 nitrogen and oxygen atoms in total. The molecule has 0 fully saturated rings. The Morgan fingerprint density at radius 1 is 1.21 bits per heavy atom. The van der Waals surface area contributed by atoms with Crippen LogP contribution in [0.1, 0.15) is 36.8 Å². The molecule has 0 saturated carbocycles. The predicted octanol–water partition coefficient (Wildman–Crippen LogP) is 4.15. The van der Waals surface area contributed by atoms with E-state index in [1.165, 1.54) is 0 Å². The van der Waals surface area contributed by atoms with E-state index >= 15 is 0 Å². The normalized spacial score (nSPS) is 12.2. The third-order valence-electron chi connectivity index (χ3n) is 4.42. The number of benzene rings is 2. The average molecular weight is 508 g/mol. The molecule has 3 rings (SSSR count). The molecule has 1 heterocycles. The molecule has 154 valence electrons. The molecule has 0 aliphatic carbocycles. The van der Waals surface area contributed by atoms with Gasteiger partial charge in [0.25, 0.3) is 0 Å². The van der Waals surface area contributed by atoms with Crippen molar-refractivity contribution in [2.24, 2.45) is 4.99 Å². The minimum Gasteiger partial charge on any atom is -0.357 e. The largest absolute Gasteiger partial charge is 0.357 e. The lowest BCUT2D eigenvalue weighted by molar-refractivity contribution is 0.607. The summed E-state index contributed by atoms with van der Waals surface area (Å²) in [4.78, 5) is 4.62. The molecule has 0 aliphatic rings. The molecule has 0 spiro atoms. The lowest BCUT2D eigenvalue weighted by atomic mass is 10.1. The van der Waals surface area contributed by atoms with Crippen LogP contribution < -0.4 is 10.6 Å².